The lowest BCUT2D eigenvalue weighted by molar-refractivity contribution is 0.669. The number of aromatic nitrogens is 2. The van der Waals surface area contributed by atoms with Crippen LogP contribution in [0.3, 0.4) is 0 Å². The first-order valence-electron chi connectivity index (χ1n) is 18.4. The van der Waals surface area contributed by atoms with E-state index in [1.807, 2.05) is 84.9 Å². The molecule has 0 radical (unpaired) electrons. The lowest BCUT2D eigenvalue weighted by Gasteiger charge is -2.14. The minimum absolute atomic E-state index is 0.517. The van der Waals surface area contributed by atoms with Crippen molar-refractivity contribution in [3.05, 3.63) is 169 Å². The van der Waals surface area contributed by atoms with Gasteiger partial charge in [-0.3, -0.25) is 0 Å². The van der Waals surface area contributed by atoms with Crippen molar-refractivity contribution in [2.24, 2.45) is 0 Å². The van der Waals surface area contributed by atoms with E-state index in [2.05, 4.69) is 94.1 Å². The summed E-state index contributed by atoms with van der Waals surface area (Å²) in [6.07, 6.45) is 0. The van der Waals surface area contributed by atoms with Crippen molar-refractivity contribution in [3.8, 4) is 34.6 Å². The molecule has 0 fully saturated rings. The molecule has 0 saturated carbocycles. The molecule has 4 heterocycles. The zero-order valence-electron chi connectivity index (χ0n) is 29.6. The molecular weight excluding hydrogens is 689 g/mol. The molecule has 258 valence electrons. The van der Waals surface area contributed by atoms with Crippen LogP contribution in [0.4, 0.5) is 0 Å². The largest absolute Gasteiger partial charge is 0.456 e. The Morgan fingerprint density at radius 2 is 0.929 bits per heavy atom. The fraction of sp³-hybridized carbons (Fsp3) is 0. The van der Waals surface area contributed by atoms with Gasteiger partial charge >= 0.3 is 0 Å². The molecule has 8 aromatic carbocycles. The lowest BCUT2D eigenvalue weighted by Crippen LogP contribution is -1.99. The maximum Gasteiger partial charge on any atom is 0.137 e. The second kappa shape index (κ2) is 11.2. The quantitative estimate of drug-likeness (QED) is 0.182. The minimum Gasteiger partial charge on any atom is -0.456 e. The molecule has 12 rings (SSSR count). The van der Waals surface area contributed by atoms with Crippen LogP contribution in [0.1, 0.15) is 11.1 Å². The Kier molecular flexibility index (Phi) is 6.10. The second-order valence-electron chi connectivity index (χ2n) is 14.4. The van der Waals surface area contributed by atoms with Crippen LogP contribution in [-0.4, -0.2) is 9.13 Å². The normalized spacial score (nSPS) is 11.9. The van der Waals surface area contributed by atoms with Gasteiger partial charge < -0.3 is 18.0 Å². The molecule has 0 spiro atoms. The van der Waals surface area contributed by atoms with Crippen molar-refractivity contribution >= 4 is 87.5 Å². The lowest BCUT2D eigenvalue weighted by atomic mass is 9.99. The number of hydrogen-bond donors (Lipinski definition) is 0. The number of hydrogen-bond acceptors (Lipinski definition) is 4. The van der Waals surface area contributed by atoms with Crippen molar-refractivity contribution in [2.45, 2.75) is 0 Å². The van der Waals surface area contributed by atoms with E-state index in [1.165, 1.54) is 0 Å². The Balaban J connectivity index is 1.06. The summed E-state index contributed by atoms with van der Waals surface area (Å²) in [4.78, 5) is 0. The molecule has 0 amide bonds. The van der Waals surface area contributed by atoms with Crippen LogP contribution in [0.5, 0.6) is 0 Å². The highest BCUT2D eigenvalue weighted by atomic mass is 16.3. The van der Waals surface area contributed by atoms with Crippen LogP contribution >= 0.6 is 0 Å². The third-order valence-corrected chi connectivity index (χ3v) is 11.3. The summed E-state index contributed by atoms with van der Waals surface area (Å²) in [7, 11) is 0. The van der Waals surface area contributed by atoms with Crippen LogP contribution in [0.25, 0.3) is 110 Å². The van der Waals surface area contributed by atoms with Gasteiger partial charge in [-0.15, -0.1) is 0 Å². The molecule has 0 saturated heterocycles. The average molecular weight is 715 g/mol. The summed E-state index contributed by atoms with van der Waals surface area (Å²) in [5.41, 5.74) is 11.6. The van der Waals surface area contributed by atoms with Crippen LogP contribution in [0.2, 0.25) is 0 Å². The van der Waals surface area contributed by atoms with E-state index in [-0.39, 0.29) is 0 Å². The smallest absolute Gasteiger partial charge is 0.137 e. The maximum absolute atomic E-state index is 10.7. The summed E-state index contributed by atoms with van der Waals surface area (Å²) >= 11 is 0. The van der Waals surface area contributed by atoms with Gasteiger partial charge in [0, 0.05) is 60.9 Å². The molecule has 12 aromatic rings. The van der Waals surface area contributed by atoms with Crippen molar-refractivity contribution in [3.63, 3.8) is 0 Å². The van der Waals surface area contributed by atoms with E-state index >= 15 is 0 Å². The third kappa shape index (κ3) is 4.18. The first kappa shape index (κ1) is 30.4. The predicted octanol–water partition coefficient (Wildman–Crippen LogP) is 13.1. The molecule has 0 aliphatic rings. The van der Waals surface area contributed by atoms with Crippen molar-refractivity contribution in [2.75, 3.05) is 0 Å². The van der Waals surface area contributed by atoms with E-state index in [9.17, 15) is 10.5 Å². The zero-order chi connectivity index (χ0) is 37.1. The van der Waals surface area contributed by atoms with Gasteiger partial charge in [0.2, 0.25) is 0 Å². The maximum atomic E-state index is 10.7. The first-order valence-corrected chi connectivity index (χ1v) is 18.4. The van der Waals surface area contributed by atoms with Crippen LogP contribution in [0.15, 0.2) is 167 Å². The Morgan fingerprint density at radius 3 is 1.54 bits per heavy atom. The highest BCUT2D eigenvalue weighted by Crippen LogP contribution is 2.41. The first-order chi connectivity index (χ1) is 27.6. The van der Waals surface area contributed by atoms with Crippen LogP contribution in [-0.2, 0) is 0 Å². The van der Waals surface area contributed by atoms with Gasteiger partial charge in [-0.2, -0.15) is 10.5 Å². The fourth-order valence-corrected chi connectivity index (χ4v) is 8.88. The Labute approximate surface area is 318 Å². The van der Waals surface area contributed by atoms with E-state index in [0.29, 0.717) is 11.1 Å². The van der Waals surface area contributed by atoms with Gasteiger partial charge in [-0.1, -0.05) is 78.9 Å². The van der Waals surface area contributed by atoms with Gasteiger partial charge in [0.1, 0.15) is 28.4 Å². The molecule has 56 heavy (non-hydrogen) atoms. The van der Waals surface area contributed by atoms with Gasteiger partial charge in [-0.25, -0.2) is 0 Å². The molecule has 4 aromatic heterocycles. The summed E-state index contributed by atoms with van der Waals surface area (Å²) < 4.78 is 17.0. The fourth-order valence-electron chi connectivity index (χ4n) is 8.88. The van der Waals surface area contributed by atoms with Gasteiger partial charge in [0.05, 0.1) is 45.0 Å². The number of fused-ring (bicyclic) bond motifs is 12. The number of nitrogens with zero attached hydrogens (tertiary/aromatic N) is 4. The monoisotopic (exact) mass is 714 g/mol. The summed E-state index contributed by atoms with van der Waals surface area (Å²) in [6.45, 7) is 0. The molecule has 0 bridgehead atoms. The Bertz CT molecular complexity index is 3750. The van der Waals surface area contributed by atoms with E-state index < -0.39 is 0 Å². The summed E-state index contributed by atoms with van der Waals surface area (Å²) in [6, 6.07) is 58.3. The van der Waals surface area contributed by atoms with E-state index in [1.54, 1.807) is 0 Å². The molecule has 6 nitrogen and oxygen atoms in total. The molecule has 0 aliphatic heterocycles. The number of furan rings is 2. The van der Waals surface area contributed by atoms with E-state index in [4.69, 9.17) is 8.83 Å². The second-order valence-corrected chi connectivity index (χ2v) is 14.4. The summed E-state index contributed by atoms with van der Waals surface area (Å²) in [5, 5.41) is 29.7. The van der Waals surface area contributed by atoms with Crippen LogP contribution in [0, 0.1) is 22.7 Å². The SMILES string of the molecule is N#Cc1cc(-c2ccc(-n3c4ccccc4c4cc5c(cc43)oc3ccccc35)c(C#N)c2)cc(-n2c3ccccc3c3cc4c(cc32)oc2ccccc24)c1. The molecule has 6 heteroatoms. The number of rotatable bonds is 3. The molecule has 0 aliphatic carbocycles. The van der Waals surface area contributed by atoms with Crippen molar-refractivity contribution in [1.82, 2.24) is 9.13 Å². The summed E-state index contributed by atoms with van der Waals surface area (Å²) in [5.74, 6) is 0. The highest BCUT2D eigenvalue weighted by molar-refractivity contribution is 6.19. The Morgan fingerprint density at radius 1 is 0.375 bits per heavy atom. The molecular formula is C50H26N4O2. The van der Waals surface area contributed by atoms with Crippen molar-refractivity contribution in [1.29, 1.82) is 10.5 Å². The van der Waals surface area contributed by atoms with Gasteiger partial charge in [0.25, 0.3) is 0 Å². The standard InChI is InChI=1S/C50H26N4O2/c51-27-29-19-31(22-33(20-29)53-43-13-5-1-9-34(43)38-23-40-36-11-3-7-15-47(36)55-49(40)25-45(38)53)30-17-18-42(32(21-30)28-52)54-44-14-6-2-10-35(44)39-24-41-37-12-4-8-16-48(37)56-50(41)26-46(39)54/h1-26H. The highest BCUT2D eigenvalue weighted by Gasteiger charge is 2.20. The topological polar surface area (TPSA) is 83.7 Å². The van der Waals surface area contributed by atoms with Gasteiger partial charge in [-0.05, 0) is 77.9 Å². The van der Waals surface area contributed by atoms with Gasteiger partial charge in [0.15, 0.2) is 0 Å². The number of nitriles is 2. The third-order valence-electron chi connectivity index (χ3n) is 11.3. The minimum atomic E-state index is 0.517. The van der Waals surface area contributed by atoms with Crippen molar-refractivity contribution < 1.29 is 8.83 Å². The predicted molar refractivity (Wildman–Crippen MR) is 225 cm³/mol. The number of para-hydroxylation sites is 4. The van der Waals surface area contributed by atoms with E-state index in [0.717, 1.165) is 110 Å². The molecule has 0 atom stereocenters. The number of benzene rings is 8. The molecule has 0 unspecified atom stereocenters. The molecule has 0 N–H and O–H groups in total. The zero-order valence-corrected chi connectivity index (χ0v) is 29.6. The Hall–Kier alpha value is -8.06. The average Bonchev–Trinajstić information content (AvgIpc) is 3.98. The van der Waals surface area contributed by atoms with Crippen LogP contribution < -0.4 is 0 Å².